The van der Waals surface area contributed by atoms with Crippen LogP contribution in [-0.2, 0) is 4.74 Å². The highest BCUT2D eigenvalue weighted by Gasteiger charge is 2.21. The second-order valence-electron chi connectivity index (χ2n) is 5.92. The molecule has 110 valence electrons. The largest absolute Gasteiger partial charge is 0.394 e. The van der Waals surface area contributed by atoms with Gasteiger partial charge in [0.15, 0.2) is 0 Å². The van der Waals surface area contributed by atoms with E-state index in [-0.39, 0.29) is 12.1 Å². The highest BCUT2D eigenvalue weighted by molar-refractivity contribution is 4.81. The van der Waals surface area contributed by atoms with Gasteiger partial charge in [0.2, 0.25) is 0 Å². The second kappa shape index (κ2) is 9.76. The Morgan fingerprint density at radius 3 is 2.39 bits per heavy atom. The Kier molecular flexibility index (Phi) is 9.70. The molecule has 0 radical (unpaired) electrons. The number of hydrogen-bond donors (Lipinski definition) is 2. The van der Waals surface area contributed by atoms with Crippen molar-refractivity contribution in [2.75, 3.05) is 19.8 Å². The van der Waals surface area contributed by atoms with Crippen molar-refractivity contribution < 1.29 is 9.84 Å². The van der Waals surface area contributed by atoms with E-state index < -0.39 is 0 Å². The first-order valence-corrected chi connectivity index (χ1v) is 7.42. The normalized spacial score (nSPS) is 16.8. The number of unbranched alkanes of at least 4 members (excludes halogenated alkanes) is 1. The van der Waals surface area contributed by atoms with Crippen LogP contribution in [0.5, 0.6) is 0 Å². The zero-order chi connectivity index (χ0) is 14.0. The van der Waals surface area contributed by atoms with Crippen LogP contribution < -0.4 is 5.32 Å². The van der Waals surface area contributed by atoms with Crippen LogP contribution >= 0.6 is 0 Å². The van der Waals surface area contributed by atoms with Gasteiger partial charge < -0.3 is 15.2 Å². The molecule has 3 nitrogen and oxygen atoms in total. The molecule has 0 aliphatic rings. The van der Waals surface area contributed by atoms with Gasteiger partial charge in [0, 0.05) is 12.1 Å². The lowest BCUT2D eigenvalue weighted by Crippen LogP contribution is -2.46. The van der Waals surface area contributed by atoms with Crippen LogP contribution in [0.15, 0.2) is 0 Å². The van der Waals surface area contributed by atoms with Crippen LogP contribution in [0.4, 0.5) is 0 Å². The van der Waals surface area contributed by atoms with E-state index in [0.29, 0.717) is 12.0 Å². The van der Waals surface area contributed by atoms with Crippen LogP contribution in [0.1, 0.15) is 60.3 Å². The fraction of sp³-hybridized carbons (Fsp3) is 1.00. The quantitative estimate of drug-likeness (QED) is 0.561. The minimum Gasteiger partial charge on any atom is -0.394 e. The Hall–Kier alpha value is -0.120. The van der Waals surface area contributed by atoms with Gasteiger partial charge in [-0.05, 0) is 52.0 Å². The van der Waals surface area contributed by atoms with Crippen LogP contribution in [0, 0.1) is 5.92 Å². The summed E-state index contributed by atoms with van der Waals surface area (Å²) in [6, 6.07) is 0. The molecular formula is C15H33NO2. The monoisotopic (exact) mass is 259 g/mol. The summed E-state index contributed by atoms with van der Waals surface area (Å²) in [7, 11) is 0. The topological polar surface area (TPSA) is 41.5 Å². The van der Waals surface area contributed by atoms with Crippen molar-refractivity contribution in [2.24, 2.45) is 5.92 Å². The van der Waals surface area contributed by atoms with E-state index in [2.05, 4.69) is 39.9 Å². The van der Waals surface area contributed by atoms with Gasteiger partial charge in [-0.25, -0.2) is 0 Å². The van der Waals surface area contributed by atoms with Crippen LogP contribution in [0.2, 0.25) is 0 Å². The molecule has 0 saturated heterocycles. The van der Waals surface area contributed by atoms with Crippen molar-refractivity contribution in [2.45, 2.75) is 71.9 Å². The average molecular weight is 259 g/mol. The Morgan fingerprint density at radius 2 is 1.89 bits per heavy atom. The molecule has 0 aliphatic heterocycles. The van der Waals surface area contributed by atoms with Crippen molar-refractivity contribution >= 4 is 0 Å². The zero-order valence-electron chi connectivity index (χ0n) is 13.0. The number of nitrogens with one attached hydrogen (secondary N) is 1. The first-order chi connectivity index (χ1) is 8.45. The van der Waals surface area contributed by atoms with Gasteiger partial charge in [-0.1, -0.05) is 20.8 Å². The van der Waals surface area contributed by atoms with Gasteiger partial charge in [-0.3, -0.25) is 0 Å². The third-order valence-electron chi connectivity index (χ3n) is 3.59. The van der Waals surface area contributed by atoms with E-state index in [0.717, 1.165) is 38.8 Å². The maximum atomic E-state index is 9.44. The predicted octanol–water partition coefficient (Wildman–Crippen LogP) is 2.97. The molecule has 0 aromatic rings. The maximum absolute atomic E-state index is 9.44. The summed E-state index contributed by atoms with van der Waals surface area (Å²) < 4.78 is 5.75. The van der Waals surface area contributed by atoms with Gasteiger partial charge in [-0.2, -0.15) is 0 Å². The number of ether oxygens (including phenoxy) is 1. The fourth-order valence-corrected chi connectivity index (χ4v) is 1.73. The summed E-state index contributed by atoms with van der Waals surface area (Å²) >= 11 is 0. The molecule has 0 aromatic carbocycles. The van der Waals surface area contributed by atoms with Gasteiger partial charge in [-0.15, -0.1) is 0 Å². The molecule has 0 rings (SSSR count). The molecule has 2 atom stereocenters. The summed E-state index contributed by atoms with van der Waals surface area (Å²) in [5, 5.41) is 12.9. The number of rotatable bonds is 11. The third kappa shape index (κ3) is 8.06. The summed E-state index contributed by atoms with van der Waals surface area (Å²) in [6.07, 6.45) is 4.61. The first kappa shape index (κ1) is 17.9. The average Bonchev–Trinajstić information content (AvgIpc) is 2.35. The summed E-state index contributed by atoms with van der Waals surface area (Å²) in [4.78, 5) is 0. The van der Waals surface area contributed by atoms with Gasteiger partial charge in [0.05, 0.1) is 12.7 Å². The van der Waals surface area contributed by atoms with Crippen molar-refractivity contribution in [1.29, 1.82) is 0 Å². The lowest BCUT2D eigenvalue weighted by atomic mass is 9.95. The molecule has 0 amide bonds. The second-order valence-corrected chi connectivity index (χ2v) is 5.92. The molecular weight excluding hydrogens is 226 g/mol. The minimum absolute atomic E-state index is 0.125. The van der Waals surface area contributed by atoms with E-state index in [4.69, 9.17) is 4.74 Å². The summed E-state index contributed by atoms with van der Waals surface area (Å²) in [5.41, 5.74) is -0.125. The van der Waals surface area contributed by atoms with Gasteiger partial charge in [0.1, 0.15) is 0 Å². The molecule has 0 spiro atoms. The highest BCUT2D eigenvalue weighted by atomic mass is 16.5. The molecule has 0 aromatic heterocycles. The smallest absolute Gasteiger partial charge is 0.0610 e. The Labute approximate surface area is 113 Å². The van der Waals surface area contributed by atoms with E-state index in [9.17, 15) is 5.11 Å². The first-order valence-electron chi connectivity index (χ1n) is 7.42. The van der Waals surface area contributed by atoms with E-state index >= 15 is 0 Å². The fourth-order valence-electron chi connectivity index (χ4n) is 1.73. The molecule has 0 saturated carbocycles. The van der Waals surface area contributed by atoms with E-state index in [1.165, 1.54) is 0 Å². The Balaban J connectivity index is 3.68. The highest BCUT2D eigenvalue weighted by Crippen LogP contribution is 2.14. The van der Waals surface area contributed by atoms with Crippen molar-refractivity contribution in [3.05, 3.63) is 0 Å². The standard InChI is InChI=1S/C15H33NO2/c1-6-10-16-15(5,12-17)9-7-8-11-18-14(4)13(2)3/h13-14,16-17H,6-12H2,1-5H3. The Bertz CT molecular complexity index is 197. The summed E-state index contributed by atoms with van der Waals surface area (Å²) in [6.45, 7) is 12.7. The molecule has 2 unspecified atom stereocenters. The Morgan fingerprint density at radius 1 is 1.22 bits per heavy atom. The molecule has 18 heavy (non-hydrogen) atoms. The molecule has 0 bridgehead atoms. The zero-order valence-corrected chi connectivity index (χ0v) is 13.0. The van der Waals surface area contributed by atoms with E-state index in [1.54, 1.807) is 0 Å². The molecule has 2 N–H and O–H groups in total. The van der Waals surface area contributed by atoms with Gasteiger partial charge >= 0.3 is 0 Å². The number of aliphatic hydroxyl groups is 1. The van der Waals surface area contributed by atoms with Crippen LogP contribution in [-0.4, -0.2) is 36.5 Å². The summed E-state index contributed by atoms with van der Waals surface area (Å²) in [5.74, 6) is 0.582. The minimum atomic E-state index is -0.125. The number of hydrogen-bond acceptors (Lipinski definition) is 3. The molecule has 0 fully saturated rings. The van der Waals surface area contributed by atoms with E-state index in [1.807, 2.05) is 0 Å². The molecule has 0 heterocycles. The van der Waals surface area contributed by atoms with Crippen LogP contribution in [0.3, 0.4) is 0 Å². The van der Waals surface area contributed by atoms with Gasteiger partial charge in [0.25, 0.3) is 0 Å². The lowest BCUT2D eigenvalue weighted by molar-refractivity contribution is 0.0318. The van der Waals surface area contributed by atoms with Crippen molar-refractivity contribution in [3.63, 3.8) is 0 Å². The predicted molar refractivity (Wildman–Crippen MR) is 77.9 cm³/mol. The van der Waals surface area contributed by atoms with Crippen molar-refractivity contribution in [1.82, 2.24) is 5.32 Å². The lowest BCUT2D eigenvalue weighted by Gasteiger charge is -2.29. The number of aliphatic hydroxyl groups excluding tert-OH is 1. The third-order valence-corrected chi connectivity index (χ3v) is 3.59. The molecule has 0 aliphatic carbocycles. The molecule has 3 heteroatoms. The van der Waals surface area contributed by atoms with Crippen LogP contribution in [0.25, 0.3) is 0 Å². The van der Waals surface area contributed by atoms with Crippen molar-refractivity contribution in [3.8, 4) is 0 Å². The maximum Gasteiger partial charge on any atom is 0.0610 e. The SMILES string of the molecule is CCCNC(C)(CO)CCCCOC(C)C(C)C.